The fourth-order valence-electron chi connectivity index (χ4n) is 1.83. The van der Waals surface area contributed by atoms with Crippen LogP contribution < -0.4 is 4.90 Å². The number of hydrogen-bond donors (Lipinski definition) is 0. The van der Waals surface area contributed by atoms with Crippen LogP contribution in [0.5, 0.6) is 0 Å². The van der Waals surface area contributed by atoms with Gasteiger partial charge in [-0.1, -0.05) is 35.3 Å². The SMILES string of the molecule is CC(c1cccc(Cl)c1)N(C)c1ccnc(Cl)c1. The van der Waals surface area contributed by atoms with E-state index in [0.29, 0.717) is 5.15 Å². The third kappa shape index (κ3) is 2.95. The standard InChI is InChI=1S/C14H14Cl2N2/c1-10(11-4-3-5-12(15)8-11)18(2)13-6-7-17-14(16)9-13/h3-10H,1-2H3. The highest BCUT2D eigenvalue weighted by Gasteiger charge is 2.13. The predicted octanol–water partition coefficient (Wildman–Crippen LogP) is 4.59. The lowest BCUT2D eigenvalue weighted by molar-refractivity contribution is 0.739. The van der Waals surface area contributed by atoms with Crippen molar-refractivity contribution in [3.8, 4) is 0 Å². The fourth-order valence-corrected chi connectivity index (χ4v) is 2.19. The molecule has 0 saturated carbocycles. The first kappa shape index (κ1) is 13.2. The average molecular weight is 281 g/mol. The van der Waals surface area contributed by atoms with Crippen LogP contribution in [0.25, 0.3) is 0 Å². The Kier molecular flexibility index (Phi) is 4.10. The number of anilines is 1. The number of hydrogen-bond acceptors (Lipinski definition) is 2. The highest BCUT2D eigenvalue weighted by atomic mass is 35.5. The van der Waals surface area contributed by atoms with Crippen molar-refractivity contribution in [3.05, 3.63) is 58.3 Å². The second-order valence-corrected chi connectivity index (χ2v) is 5.00. The number of pyridine rings is 1. The van der Waals surface area contributed by atoms with Gasteiger partial charge in [0.15, 0.2) is 0 Å². The number of halogens is 2. The third-order valence-electron chi connectivity index (χ3n) is 3.03. The highest BCUT2D eigenvalue weighted by molar-refractivity contribution is 6.30. The normalized spacial score (nSPS) is 12.2. The second-order valence-electron chi connectivity index (χ2n) is 4.18. The van der Waals surface area contributed by atoms with Gasteiger partial charge < -0.3 is 4.90 Å². The molecule has 1 aromatic heterocycles. The van der Waals surface area contributed by atoms with E-state index < -0.39 is 0 Å². The van der Waals surface area contributed by atoms with Gasteiger partial charge in [-0.05, 0) is 36.8 Å². The first-order valence-corrected chi connectivity index (χ1v) is 6.43. The predicted molar refractivity (Wildman–Crippen MR) is 77.5 cm³/mol. The van der Waals surface area contributed by atoms with Crippen molar-refractivity contribution < 1.29 is 0 Å². The Bertz CT molecular complexity index is 493. The molecule has 2 rings (SSSR count). The van der Waals surface area contributed by atoms with Gasteiger partial charge in [-0.15, -0.1) is 0 Å². The van der Waals surface area contributed by atoms with Crippen molar-refractivity contribution in [3.63, 3.8) is 0 Å². The molecule has 0 N–H and O–H groups in total. The summed E-state index contributed by atoms with van der Waals surface area (Å²) < 4.78 is 0. The van der Waals surface area contributed by atoms with E-state index in [0.717, 1.165) is 16.3 Å². The molecule has 0 aliphatic heterocycles. The quantitative estimate of drug-likeness (QED) is 0.765. The van der Waals surface area contributed by atoms with Gasteiger partial charge in [0.2, 0.25) is 0 Å². The molecule has 0 bridgehead atoms. The zero-order valence-electron chi connectivity index (χ0n) is 10.3. The molecule has 1 aromatic carbocycles. The molecule has 0 aliphatic carbocycles. The summed E-state index contributed by atoms with van der Waals surface area (Å²) in [5, 5.41) is 1.25. The van der Waals surface area contributed by atoms with E-state index in [1.165, 1.54) is 0 Å². The Morgan fingerprint density at radius 2 is 1.94 bits per heavy atom. The van der Waals surface area contributed by atoms with Gasteiger partial charge in [0.1, 0.15) is 5.15 Å². The van der Waals surface area contributed by atoms with Gasteiger partial charge in [0.05, 0.1) is 6.04 Å². The fraction of sp³-hybridized carbons (Fsp3) is 0.214. The Hall–Kier alpha value is -1.25. The van der Waals surface area contributed by atoms with Crippen LogP contribution in [0.15, 0.2) is 42.6 Å². The van der Waals surface area contributed by atoms with E-state index in [4.69, 9.17) is 23.2 Å². The first-order chi connectivity index (χ1) is 8.58. The molecular formula is C14H14Cl2N2. The van der Waals surface area contributed by atoms with Crippen LogP contribution in [-0.2, 0) is 0 Å². The van der Waals surface area contributed by atoms with Crippen LogP contribution in [-0.4, -0.2) is 12.0 Å². The summed E-state index contributed by atoms with van der Waals surface area (Å²) in [7, 11) is 2.03. The van der Waals surface area contributed by atoms with Crippen molar-refractivity contribution >= 4 is 28.9 Å². The molecule has 2 aromatic rings. The molecule has 4 heteroatoms. The molecule has 0 saturated heterocycles. The number of benzene rings is 1. The number of nitrogens with zero attached hydrogens (tertiary/aromatic N) is 2. The van der Waals surface area contributed by atoms with Gasteiger partial charge in [-0.2, -0.15) is 0 Å². The lowest BCUT2D eigenvalue weighted by atomic mass is 10.1. The molecule has 0 amide bonds. The van der Waals surface area contributed by atoms with Gasteiger partial charge in [0.25, 0.3) is 0 Å². The zero-order chi connectivity index (χ0) is 13.1. The smallest absolute Gasteiger partial charge is 0.131 e. The molecule has 1 atom stereocenters. The Labute approximate surface area is 117 Å². The second kappa shape index (κ2) is 5.59. The molecule has 18 heavy (non-hydrogen) atoms. The third-order valence-corrected chi connectivity index (χ3v) is 3.47. The molecule has 0 radical (unpaired) electrons. The molecule has 0 fully saturated rings. The maximum atomic E-state index is 6.02. The van der Waals surface area contributed by atoms with Crippen LogP contribution in [0.3, 0.4) is 0 Å². The van der Waals surface area contributed by atoms with E-state index in [1.807, 2.05) is 37.4 Å². The molecule has 0 spiro atoms. The molecule has 0 aliphatic rings. The van der Waals surface area contributed by atoms with Crippen LogP contribution in [0, 0.1) is 0 Å². The van der Waals surface area contributed by atoms with Gasteiger partial charge >= 0.3 is 0 Å². The maximum Gasteiger partial charge on any atom is 0.131 e. The van der Waals surface area contributed by atoms with E-state index in [2.05, 4.69) is 22.9 Å². The van der Waals surface area contributed by atoms with E-state index >= 15 is 0 Å². The minimum absolute atomic E-state index is 0.210. The number of rotatable bonds is 3. The van der Waals surface area contributed by atoms with Crippen LogP contribution >= 0.6 is 23.2 Å². The highest BCUT2D eigenvalue weighted by Crippen LogP contribution is 2.27. The minimum atomic E-state index is 0.210. The van der Waals surface area contributed by atoms with Crippen LogP contribution in [0.1, 0.15) is 18.5 Å². The lowest BCUT2D eigenvalue weighted by Gasteiger charge is -2.27. The van der Waals surface area contributed by atoms with Crippen molar-refractivity contribution in [2.75, 3.05) is 11.9 Å². The molecule has 1 unspecified atom stereocenters. The maximum absolute atomic E-state index is 6.02. The summed E-state index contributed by atoms with van der Waals surface area (Å²) in [6, 6.07) is 11.9. The summed E-state index contributed by atoms with van der Waals surface area (Å²) in [6.45, 7) is 2.12. The topological polar surface area (TPSA) is 16.1 Å². The Balaban J connectivity index is 2.26. The van der Waals surface area contributed by atoms with Crippen molar-refractivity contribution in [2.45, 2.75) is 13.0 Å². The number of aromatic nitrogens is 1. The van der Waals surface area contributed by atoms with Crippen molar-refractivity contribution in [1.82, 2.24) is 4.98 Å². The molecule has 1 heterocycles. The summed E-state index contributed by atoms with van der Waals surface area (Å²) in [5.74, 6) is 0. The molecule has 2 nitrogen and oxygen atoms in total. The first-order valence-electron chi connectivity index (χ1n) is 5.68. The van der Waals surface area contributed by atoms with Crippen LogP contribution in [0.2, 0.25) is 10.2 Å². The van der Waals surface area contributed by atoms with Crippen molar-refractivity contribution in [1.29, 1.82) is 0 Å². The molecule has 94 valence electrons. The van der Waals surface area contributed by atoms with Crippen molar-refractivity contribution in [2.24, 2.45) is 0 Å². The summed E-state index contributed by atoms with van der Waals surface area (Å²) in [6.07, 6.45) is 1.71. The zero-order valence-corrected chi connectivity index (χ0v) is 11.8. The monoisotopic (exact) mass is 280 g/mol. The minimum Gasteiger partial charge on any atom is -0.368 e. The average Bonchev–Trinajstić information content (AvgIpc) is 2.37. The van der Waals surface area contributed by atoms with E-state index in [9.17, 15) is 0 Å². The van der Waals surface area contributed by atoms with Gasteiger partial charge in [-0.25, -0.2) is 4.98 Å². The van der Waals surface area contributed by atoms with Crippen LogP contribution in [0.4, 0.5) is 5.69 Å². The van der Waals surface area contributed by atoms with Gasteiger partial charge in [-0.3, -0.25) is 0 Å². The summed E-state index contributed by atoms with van der Waals surface area (Å²) in [4.78, 5) is 6.12. The van der Waals surface area contributed by atoms with Gasteiger partial charge in [0, 0.05) is 24.0 Å². The summed E-state index contributed by atoms with van der Waals surface area (Å²) >= 11 is 11.9. The summed E-state index contributed by atoms with van der Waals surface area (Å²) in [5.41, 5.74) is 2.19. The molecular weight excluding hydrogens is 267 g/mol. The Morgan fingerprint density at radius 3 is 2.61 bits per heavy atom. The van der Waals surface area contributed by atoms with E-state index in [1.54, 1.807) is 6.20 Å². The van der Waals surface area contributed by atoms with E-state index in [-0.39, 0.29) is 6.04 Å². The lowest BCUT2D eigenvalue weighted by Crippen LogP contribution is -2.21. The largest absolute Gasteiger partial charge is 0.368 e. The Morgan fingerprint density at radius 1 is 1.17 bits per heavy atom.